The Morgan fingerprint density at radius 2 is 0.878 bits per heavy atom. The van der Waals surface area contributed by atoms with E-state index in [2.05, 4.69) is 82.3 Å². The predicted octanol–water partition coefficient (Wildman–Crippen LogP) is 17.4. The Hall–Kier alpha value is -3.89. The SMILES string of the molecule is BrCCCCc1ccsc1.CC1(C)CC(C(=O)CCCCCc2ccsc2)CC(C)(C)N1O.COc1ccc(O)cc1.COc1ccc(OCCCCBr)cc1.COc1ccc(OCCCCc2ccsc2)cc1. The Balaban J connectivity index is 0.000000254. The van der Waals surface area contributed by atoms with Crippen molar-refractivity contribution in [3.05, 3.63) is 140 Å². The van der Waals surface area contributed by atoms with Crippen molar-refractivity contribution in [3.8, 4) is 34.5 Å². The van der Waals surface area contributed by atoms with Crippen LogP contribution < -0.4 is 23.7 Å². The van der Waals surface area contributed by atoms with Gasteiger partial charge in [-0.05, 0) is 251 Å². The summed E-state index contributed by atoms with van der Waals surface area (Å²) in [5.41, 5.74) is 3.68. The molecule has 0 unspecified atom stereocenters. The first-order valence-electron chi connectivity index (χ1n) is 25.8. The minimum atomic E-state index is -0.332. The van der Waals surface area contributed by atoms with Crippen molar-refractivity contribution in [2.24, 2.45) is 5.92 Å². The molecule has 7 rings (SSSR count). The standard InChI is InChI=1S/C19H31NO2S.C15H18O2S.C11H15BrO2.C8H11BrS.C7H8O2/c1-18(2)12-16(13-19(3,4)20(18)22)17(21)9-7-5-6-8-15-10-11-23-14-15;1-16-14-5-7-15(8-6-14)17-10-3-2-4-13-9-11-18-12-13;1-13-10-4-6-11(7-5-10)14-9-3-2-8-12;9-5-2-1-3-8-4-6-10-7-8;1-9-7-4-2-6(8)3-5-7/h10-11,14,16,22H,5-9,12-13H2,1-4H3;5-9,11-12H,2-4,10H2,1H3;4-7H,2-3,8-9H2,1H3;4,6-7H,1-3,5H2;2-5,8H,1H3. The molecule has 0 bridgehead atoms. The maximum Gasteiger partial charge on any atom is 0.136 e. The molecule has 4 heterocycles. The lowest BCUT2D eigenvalue weighted by Gasteiger charge is -2.51. The van der Waals surface area contributed by atoms with Crippen molar-refractivity contribution in [1.29, 1.82) is 0 Å². The number of phenolic OH excluding ortho intramolecular Hbond substituents is 1. The molecular weight excluding hydrogens is 1120 g/mol. The zero-order chi connectivity index (χ0) is 53.9. The molecule has 9 nitrogen and oxygen atoms in total. The third kappa shape index (κ3) is 27.2. The Bertz CT molecular complexity index is 2240. The highest BCUT2D eigenvalue weighted by atomic mass is 79.9. The van der Waals surface area contributed by atoms with E-state index in [-0.39, 0.29) is 22.7 Å². The van der Waals surface area contributed by atoms with Crippen LogP contribution >= 0.6 is 65.9 Å². The fraction of sp³-hybridized carbons (Fsp3) is 0.483. The Labute approximate surface area is 472 Å². The van der Waals surface area contributed by atoms with Crippen LogP contribution in [0.15, 0.2) is 123 Å². The van der Waals surface area contributed by atoms with Crippen LogP contribution in [0.1, 0.15) is 121 Å². The largest absolute Gasteiger partial charge is 0.508 e. The lowest BCUT2D eigenvalue weighted by atomic mass is 9.73. The Morgan fingerprint density at radius 1 is 0.527 bits per heavy atom. The molecule has 408 valence electrons. The molecule has 0 atom stereocenters. The molecule has 1 aliphatic heterocycles. The van der Waals surface area contributed by atoms with Crippen LogP contribution in [0.3, 0.4) is 0 Å². The summed E-state index contributed by atoms with van der Waals surface area (Å²) >= 11 is 12.1. The lowest BCUT2D eigenvalue weighted by molar-refractivity contribution is -0.249. The van der Waals surface area contributed by atoms with Crippen molar-refractivity contribution in [2.75, 3.05) is 45.2 Å². The number of methoxy groups -OCH3 is 3. The van der Waals surface area contributed by atoms with Gasteiger partial charge in [0.05, 0.1) is 34.5 Å². The van der Waals surface area contributed by atoms with Crippen LogP contribution in [0.5, 0.6) is 34.5 Å². The first-order valence-corrected chi connectivity index (χ1v) is 30.8. The van der Waals surface area contributed by atoms with Gasteiger partial charge in [0, 0.05) is 34.1 Å². The van der Waals surface area contributed by atoms with Crippen LogP contribution in [0.4, 0.5) is 0 Å². The number of aromatic hydroxyl groups is 1. The normalized spacial score (nSPS) is 13.5. The maximum absolute atomic E-state index is 12.6. The number of phenols is 1. The van der Waals surface area contributed by atoms with Crippen molar-refractivity contribution in [2.45, 2.75) is 135 Å². The molecule has 0 aliphatic carbocycles. The first-order chi connectivity index (χ1) is 35.7. The number of ether oxygens (including phenoxy) is 5. The van der Waals surface area contributed by atoms with E-state index in [1.54, 1.807) is 79.6 Å². The molecule has 14 heteroatoms. The zero-order valence-electron chi connectivity index (χ0n) is 44.9. The number of carbonyl (C=O) groups is 1. The summed E-state index contributed by atoms with van der Waals surface area (Å²) in [4.78, 5) is 12.6. The number of benzene rings is 3. The van der Waals surface area contributed by atoms with Crippen LogP contribution in [0.25, 0.3) is 0 Å². The molecule has 3 aromatic heterocycles. The quantitative estimate of drug-likeness (QED) is 0.0428. The number of piperidine rings is 1. The van der Waals surface area contributed by atoms with Gasteiger partial charge in [0.15, 0.2) is 0 Å². The minimum absolute atomic E-state index is 0.0836. The number of alkyl halides is 2. The van der Waals surface area contributed by atoms with E-state index in [0.717, 1.165) is 117 Å². The second-order valence-corrected chi connectivity index (χ2v) is 23.1. The van der Waals surface area contributed by atoms with E-state index < -0.39 is 0 Å². The third-order valence-corrected chi connectivity index (χ3v) is 15.5. The Morgan fingerprint density at radius 3 is 1.26 bits per heavy atom. The van der Waals surface area contributed by atoms with E-state index in [0.29, 0.717) is 12.2 Å². The van der Waals surface area contributed by atoms with Gasteiger partial charge in [-0.3, -0.25) is 4.79 Å². The number of hydrogen-bond donors (Lipinski definition) is 2. The minimum Gasteiger partial charge on any atom is -0.508 e. The number of ketones is 1. The molecular formula is C60H83Br2NO8S3. The predicted molar refractivity (Wildman–Crippen MR) is 319 cm³/mol. The molecule has 6 aromatic rings. The van der Waals surface area contributed by atoms with E-state index in [9.17, 15) is 10.0 Å². The summed E-state index contributed by atoms with van der Waals surface area (Å²) in [6.45, 7) is 9.64. The van der Waals surface area contributed by atoms with E-state index in [1.807, 2.05) is 76.2 Å². The van der Waals surface area contributed by atoms with Gasteiger partial charge in [0.25, 0.3) is 0 Å². The van der Waals surface area contributed by atoms with Gasteiger partial charge in [-0.1, -0.05) is 38.3 Å². The number of aryl methyl sites for hydroxylation is 3. The lowest BCUT2D eigenvalue weighted by Crippen LogP contribution is -2.59. The van der Waals surface area contributed by atoms with Gasteiger partial charge in [-0.15, -0.1) is 0 Å². The number of carbonyl (C=O) groups excluding carboxylic acids is 1. The number of Topliss-reactive ketones (excluding diaryl/α,β-unsaturated/α-hetero) is 1. The van der Waals surface area contributed by atoms with E-state index in [1.165, 1.54) is 47.4 Å². The summed E-state index contributed by atoms with van der Waals surface area (Å²) in [6.07, 6.45) is 16.1. The van der Waals surface area contributed by atoms with Gasteiger partial charge in [0.2, 0.25) is 0 Å². The molecule has 74 heavy (non-hydrogen) atoms. The number of nitrogens with zero attached hydrogens (tertiary/aromatic N) is 1. The summed E-state index contributed by atoms with van der Waals surface area (Å²) in [7, 11) is 4.92. The highest BCUT2D eigenvalue weighted by Crippen LogP contribution is 2.41. The van der Waals surface area contributed by atoms with Gasteiger partial charge >= 0.3 is 0 Å². The second-order valence-electron chi connectivity index (χ2n) is 19.2. The summed E-state index contributed by atoms with van der Waals surface area (Å²) in [5.74, 6) is 5.02. The molecule has 3 aromatic carbocycles. The molecule has 1 aliphatic rings. The number of hydroxylamine groups is 2. The fourth-order valence-electron chi connectivity index (χ4n) is 8.17. The molecule has 2 N–H and O–H groups in total. The monoisotopic (exact) mass is 1200 g/mol. The molecule has 0 saturated carbocycles. The van der Waals surface area contributed by atoms with Crippen LogP contribution in [0, 0.1) is 5.92 Å². The maximum atomic E-state index is 12.6. The third-order valence-electron chi connectivity index (χ3n) is 12.2. The molecule has 0 amide bonds. The van der Waals surface area contributed by atoms with Crippen LogP contribution in [-0.4, -0.2) is 77.4 Å². The number of halogens is 2. The van der Waals surface area contributed by atoms with Crippen LogP contribution in [0.2, 0.25) is 0 Å². The average Bonchev–Trinajstić information content (AvgIpc) is 4.25. The summed E-state index contributed by atoms with van der Waals surface area (Å²) < 4.78 is 26.2. The highest BCUT2D eigenvalue weighted by Gasteiger charge is 2.46. The van der Waals surface area contributed by atoms with Crippen LogP contribution in [-0.2, 0) is 24.1 Å². The topological polar surface area (TPSA) is 107 Å². The van der Waals surface area contributed by atoms with Crippen molar-refractivity contribution in [3.63, 3.8) is 0 Å². The first kappa shape index (κ1) is 64.4. The molecule has 0 radical (unpaired) electrons. The highest BCUT2D eigenvalue weighted by molar-refractivity contribution is 9.09. The Kier molecular flexibility index (Phi) is 32.9. The summed E-state index contributed by atoms with van der Waals surface area (Å²) in [6, 6.07) is 28.5. The molecule has 0 spiro atoms. The summed E-state index contributed by atoms with van der Waals surface area (Å²) in [5, 5.41) is 35.8. The molecule has 1 fully saturated rings. The van der Waals surface area contributed by atoms with Gasteiger partial charge in [-0.2, -0.15) is 39.1 Å². The smallest absolute Gasteiger partial charge is 0.136 e. The zero-order valence-corrected chi connectivity index (χ0v) is 50.5. The number of rotatable bonds is 25. The van der Waals surface area contributed by atoms with Crippen molar-refractivity contribution < 1.29 is 38.8 Å². The molecule has 1 saturated heterocycles. The van der Waals surface area contributed by atoms with Gasteiger partial charge in [0.1, 0.15) is 40.3 Å². The van der Waals surface area contributed by atoms with Crippen molar-refractivity contribution in [1.82, 2.24) is 5.06 Å². The fourth-order valence-corrected chi connectivity index (χ4v) is 11.1. The number of thiophene rings is 3. The average molecular weight is 1200 g/mol. The van der Waals surface area contributed by atoms with Gasteiger partial charge in [-0.25, -0.2) is 0 Å². The van der Waals surface area contributed by atoms with E-state index >= 15 is 0 Å². The van der Waals surface area contributed by atoms with Crippen molar-refractivity contribution >= 4 is 71.7 Å². The number of unbranched alkanes of at least 4 members (excludes halogenated alkanes) is 5. The van der Waals surface area contributed by atoms with Gasteiger partial charge < -0.3 is 34.0 Å². The van der Waals surface area contributed by atoms with E-state index in [4.69, 9.17) is 28.8 Å². The number of hydrogen-bond acceptors (Lipinski definition) is 12. The second kappa shape index (κ2) is 37.8.